The van der Waals surface area contributed by atoms with Crippen molar-refractivity contribution in [2.75, 3.05) is 14.2 Å². The molecule has 0 spiro atoms. The highest BCUT2D eigenvalue weighted by molar-refractivity contribution is 5.96. The predicted octanol–water partition coefficient (Wildman–Crippen LogP) is 2.61. The Labute approximate surface area is 146 Å². The second kappa shape index (κ2) is 9.34. The van der Waals surface area contributed by atoms with Crippen molar-refractivity contribution in [1.29, 1.82) is 0 Å². The minimum Gasteiger partial charge on any atom is -0.494 e. The summed E-state index contributed by atoms with van der Waals surface area (Å²) in [6.07, 6.45) is 1.15. The third-order valence-corrected chi connectivity index (χ3v) is 3.53. The molecule has 0 saturated carbocycles. The third kappa shape index (κ3) is 5.28. The van der Waals surface area contributed by atoms with Crippen molar-refractivity contribution in [3.63, 3.8) is 0 Å². The van der Waals surface area contributed by atoms with Crippen molar-refractivity contribution in [2.45, 2.75) is 32.2 Å². The van der Waals surface area contributed by atoms with Gasteiger partial charge in [-0.05, 0) is 32.2 Å². The Morgan fingerprint density at radius 3 is 2.83 bits per heavy atom. The summed E-state index contributed by atoms with van der Waals surface area (Å²) in [6, 6.07) is 4.39. The van der Waals surface area contributed by atoms with E-state index in [-0.39, 0.29) is 36.4 Å². The summed E-state index contributed by atoms with van der Waals surface area (Å²) in [4.78, 5) is 16.3. The van der Waals surface area contributed by atoms with E-state index in [0.717, 1.165) is 0 Å². The molecule has 2 aromatic rings. The Kier molecular flexibility index (Phi) is 7.81. The van der Waals surface area contributed by atoms with Crippen LogP contribution in [0.3, 0.4) is 0 Å². The fourth-order valence-corrected chi connectivity index (χ4v) is 2.06. The number of Topliss-reactive ketones (excluding diaryl/α,β-unsaturated/α-hetero) is 1. The maximum Gasteiger partial charge on any atom is 0.227 e. The van der Waals surface area contributed by atoms with Crippen LogP contribution in [0, 0.1) is 5.82 Å². The van der Waals surface area contributed by atoms with Gasteiger partial charge < -0.3 is 14.6 Å². The van der Waals surface area contributed by atoms with Crippen molar-refractivity contribution in [3.8, 4) is 5.75 Å². The summed E-state index contributed by atoms with van der Waals surface area (Å²) in [5.41, 5.74) is 0.298. The average molecular weight is 358 g/mol. The molecule has 0 radical (unpaired) electrons. The van der Waals surface area contributed by atoms with Gasteiger partial charge in [0.1, 0.15) is 0 Å². The minimum absolute atomic E-state index is 0. The molecule has 132 valence electrons. The van der Waals surface area contributed by atoms with Crippen molar-refractivity contribution < 1.29 is 18.4 Å². The number of carbonyl (C=O) groups is 1. The molecule has 1 heterocycles. The van der Waals surface area contributed by atoms with Gasteiger partial charge in [0.15, 0.2) is 23.2 Å². The van der Waals surface area contributed by atoms with Crippen LogP contribution in [0.15, 0.2) is 22.7 Å². The zero-order valence-electron chi connectivity index (χ0n) is 13.8. The lowest BCUT2D eigenvalue weighted by Crippen LogP contribution is -2.24. The van der Waals surface area contributed by atoms with Crippen molar-refractivity contribution in [3.05, 3.63) is 41.3 Å². The lowest BCUT2D eigenvalue weighted by atomic mass is 10.1. The van der Waals surface area contributed by atoms with Crippen LogP contribution in [0.2, 0.25) is 0 Å². The van der Waals surface area contributed by atoms with Crippen LogP contribution < -0.4 is 10.1 Å². The molecule has 1 aromatic carbocycles. The molecule has 0 aliphatic carbocycles. The minimum atomic E-state index is -0.556. The number of benzene rings is 1. The van der Waals surface area contributed by atoms with Crippen LogP contribution >= 0.6 is 12.4 Å². The molecular weight excluding hydrogens is 337 g/mol. The van der Waals surface area contributed by atoms with Gasteiger partial charge in [-0.1, -0.05) is 5.16 Å². The van der Waals surface area contributed by atoms with E-state index in [9.17, 15) is 9.18 Å². The van der Waals surface area contributed by atoms with Gasteiger partial charge in [-0.2, -0.15) is 4.98 Å². The number of halogens is 2. The maximum absolute atomic E-state index is 13.6. The van der Waals surface area contributed by atoms with Gasteiger partial charge >= 0.3 is 0 Å². The molecule has 0 bridgehead atoms. The molecule has 6 nitrogen and oxygen atoms in total. The topological polar surface area (TPSA) is 77.2 Å². The molecule has 24 heavy (non-hydrogen) atoms. The SMILES string of the molecule is CNC(C)Cc1noc(CCC(=O)c2ccc(OC)c(F)c2)n1.Cl. The molecule has 1 N–H and O–H groups in total. The number of ketones is 1. The van der Waals surface area contributed by atoms with Crippen LogP contribution in [0.25, 0.3) is 0 Å². The average Bonchev–Trinajstić information content (AvgIpc) is 2.99. The number of likely N-dealkylation sites (N-methyl/N-ethyl adjacent to an activating group) is 1. The van der Waals surface area contributed by atoms with Crippen LogP contribution in [0.4, 0.5) is 4.39 Å². The highest BCUT2D eigenvalue weighted by atomic mass is 35.5. The Hall–Kier alpha value is -1.99. The summed E-state index contributed by atoms with van der Waals surface area (Å²) in [5.74, 6) is 0.381. The molecule has 0 amide bonds. The quantitative estimate of drug-likeness (QED) is 0.732. The molecule has 2 rings (SSSR count). The van der Waals surface area contributed by atoms with Crippen molar-refractivity contribution in [1.82, 2.24) is 15.5 Å². The number of hydrogen-bond acceptors (Lipinski definition) is 6. The zero-order valence-corrected chi connectivity index (χ0v) is 14.7. The molecule has 1 aromatic heterocycles. The first-order chi connectivity index (χ1) is 11.0. The molecule has 1 unspecified atom stereocenters. The molecule has 0 aliphatic heterocycles. The second-order valence-electron chi connectivity index (χ2n) is 5.27. The summed E-state index contributed by atoms with van der Waals surface area (Å²) in [6.45, 7) is 2.01. The first kappa shape index (κ1) is 20.1. The predicted molar refractivity (Wildman–Crippen MR) is 89.4 cm³/mol. The van der Waals surface area contributed by atoms with Gasteiger partial charge in [-0.25, -0.2) is 4.39 Å². The number of methoxy groups -OCH3 is 1. The Bertz CT molecular complexity index is 678. The van der Waals surface area contributed by atoms with E-state index in [4.69, 9.17) is 9.26 Å². The molecule has 0 aliphatic rings. The van der Waals surface area contributed by atoms with E-state index in [1.807, 2.05) is 14.0 Å². The molecule has 0 saturated heterocycles. The lowest BCUT2D eigenvalue weighted by molar-refractivity contribution is 0.0979. The summed E-state index contributed by atoms with van der Waals surface area (Å²) in [5, 5.41) is 6.97. The monoisotopic (exact) mass is 357 g/mol. The number of rotatable bonds is 8. The summed E-state index contributed by atoms with van der Waals surface area (Å²) >= 11 is 0. The molecule has 0 fully saturated rings. The first-order valence-corrected chi connectivity index (χ1v) is 7.39. The van der Waals surface area contributed by atoms with Gasteiger partial charge in [0.05, 0.1) is 7.11 Å². The third-order valence-electron chi connectivity index (χ3n) is 3.53. The van der Waals surface area contributed by atoms with Gasteiger partial charge in [0.2, 0.25) is 5.89 Å². The highest BCUT2D eigenvalue weighted by Gasteiger charge is 2.14. The maximum atomic E-state index is 13.6. The summed E-state index contributed by atoms with van der Waals surface area (Å²) in [7, 11) is 3.24. The van der Waals surface area contributed by atoms with E-state index in [2.05, 4.69) is 15.5 Å². The number of aromatic nitrogens is 2. The Balaban J connectivity index is 0.00000288. The van der Waals surface area contributed by atoms with E-state index in [0.29, 0.717) is 30.1 Å². The van der Waals surface area contributed by atoms with Crippen LogP contribution in [-0.2, 0) is 12.8 Å². The van der Waals surface area contributed by atoms with E-state index < -0.39 is 5.82 Å². The highest BCUT2D eigenvalue weighted by Crippen LogP contribution is 2.19. The second-order valence-corrected chi connectivity index (χ2v) is 5.27. The standard InChI is InChI=1S/C16H20FN3O3.ClH/c1-10(18-2)8-15-19-16(23-20-15)7-5-13(21)11-4-6-14(22-3)12(17)9-11;/h4,6,9-10,18H,5,7-8H2,1-3H3;1H. The van der Waals surface area contributed by atoms with Gasteiger partial charge in [-0.3, -0.25) is 4.79 Å². The Morgan fingerprint density at radius 2 is 2.21 bits per heavy atom. The van der Waals surface area contributed by atoms with Crippen LogP contribution in [0.1, 0.15) is 35.4 Å². The van der Waals surface area contributed by atoms with E-state index in [1.165, 1.54) is 25.3 Å². The van der Waals surface area contributed by atoms with E-state index in [1.54, 1.807) is 0 Å². The van der Waals surface area contributed by atoms with Crippen molar-refractivity contribution >= 4 is 18.2 Å². The van der Waals surface area contributed by atoms with Gasteiger partial charge in [0.25, 0.3) is 0 Å². The summed E-state index contributed by atoms with van der Waals surface area (Å²) < 4.78 is 23.6. The molecule has 1 atom stereocenters. The number of aryl methyl sites for hydroxylation is 1. The number of nitrogens with one attached hydrogen (secondary N) is 1. The number of nitrogens with zero attached hydrogens (tertiary/aromatic N) is 2. The first-order valence-electron chi connectivity index (χ1n) is 7.39. The normalized spacial score (nSPS) is 11.7. The number of carbonyl (C=O) groups excluding carboxylic acids is 1. The van der Waals surface area contributed by atoms with Crippen LogP contribution in [0.5, 0.6) is 5.75 Å². The Morgan fingerprint density at radius 1 is 1.46 bits per heavy atom. The number of hydrogen-bond donors (Lipinski definition) is 1. The van der Waals surface area contributed by atoms with Crippen molar-refractivity contribution in [2.24, 2.45) is 0 Å². The fraction of sp³-hybridized carbons (Fsp3) is 0.438. The molecule has 8 heteroatoms. The lowest BCUT2D eigenvalue weighted by Gasteiger charge is -2.04. The van der Waals surface area contributed by atoms with Gasteiger partial charge in [0, 0.05) is 30.9 Å². The largest absolute Gasteiger partial charge is 0.494 e. The van der Waals surface area contributed by atoms with Gasteiger partial charge in [-0.15, -0.1) is 12.4 Å². The zero-order chi connectivity index (χ0) is 16.8. The number of ether oxygens (including phenoxy) is 1. The van der Waals surface area contributed by atoms with Crippen LogP contribution in [-0.4, -0.2) is 36.1 Å². The smallest absolute Gasteiger partial charge is 0.227 e. The van der Waals surface area contributed by atoms with E-state index >= 15 is 0 Å². The fourth-order valence-electron chi connectivity index (χ4n) is 2.06. The molecular formula is C16H21ClFN3O3.